The molecule has 0 saturated heterocycles. The first-order valence-corrected chi connectivity index (χ1v) is 8.12. The number of carboxylic acid groups (broad SMARTS) is 1. The Kier molecular flexibility index (Phi) is 5.74. The molecule has 1 aliphatic carbocycles. The maximum Gasteiger partial charge on any atom is 0.410 e. The molecule has 3 atom stereocenters. The Bertz CT molecular complexity index is 529. The fraction of sp³-hybridized carbons (Fsp3) is 0.750. The van der Waals surface area contributed by atoms with E-state index in [1.54, 1.807) is 0 Å². The quantitative estimate of drug-likeness (QED) is 0.864. The van der Waals surface area contributed by atoms with E-state index >= 15 is 0 Å². The summed E-state index contributed by atoms with van der Waals surface area (Å²) in [7, 11) is 1.44. The van der Waals surface area contributed by atoms with Gasteiger partial charge in [0.25, 0.3) is 0 Å². The van der Waals surface area contributed by atoms with Crippen molar-refractivity contribution in [2.75, 3.05) is 13.6 Å². The van der Waals surface area contributed by atoms with Crippen molar-refractivity contribution >= 4 is 23.5 Å². The fourth-order valence-corrected chi connectivity index (χ4v) is 3.45. The van der Waals surface area contributed by atoms with Gasteiger partial charge in [0.1, 0.15) is 12.6 Å². The van der Waals surface area contributed by atoms with E-state index in [2.05, 4.69) is 10.2 Å². The predicted molar refractivity (Wildman–Crippen MR) is 86.8 cm³/mol. The summed E-state index contributed by atoms with van der Waals surface area (Å²) in [6.07, 6.45) is 4.16. The molecule has 1 heterocycles. The molecule has 1 saturated carbocycles. The van der Waals surface area contributed by atoms with Crippen LogP contribution in [0.2, 0.25) is 0 Å². The Balaban J connectivity index is 2.14. The number of carbonyl (C=O) groups excluding carboxylic acids is 1. The molecule has 1 aliphatic heterocycles. The van der Waals surface area contributed by atoms with Crippen molar-refractivity contribution < 1.29 is 19.4 Å². The summed E-state index contributed by atoms with van der Waals surface area (Å²) < 4.78 is 5.67. The summed E-state index contributed by atoms with van der Waals surface area (Å²) in [5.41, 5.74) is 1.88. The highest BCUT2D eigenvalue weighted by Crippen LogP contribution is 2.34. The number of hydrogen-bond donors (Lipinski definition) is 1. The maximum absolute atomic E-state index is 12.2. The number of ether oxygens (including phenoxy) is 1. The molecule has 1 amide bonds. The van der Waals surface area contributed by atoms with Crippen LogP contribution < -0.4 is 0 Å². The highest BCUT2D eigenvalue weighted by molar-refractivity contribution is 5.96. The molecule has 2 rings (SSSR count). The zero-order chi connectivity index (χ0) is 17.0. The lowest BCUT2D eigenvalue weighted by molar-refractivity contribution is -0.137. The minimum absolute atomic E-state index is 0.0370. The van der Waals surface area contributed by atoms with Gasteiger partial charge in [-0.3, -0.25) is 4.79 Å². The minimum atomic E-state index is -1.06. The Hall–Kier alpha value is -1.92. The number of aliphatic carboxylic acids is 1. The van der Waals surface area contributed by atoms with Gasteiger partial charge in [0.15, 0.2) is 0 Å². The van der Waals surface area contributed by atoms with E-state index in [4.69, 9.17) is 9.84 Å². The van der Waals surface area contributed by atoms with E-state index in [1.165, 1.54) is 7.05 Å². The molecule has 7 heteroatoms. The third kappa shape index (κ3) is 4.30. The molecule has 7 nitrogen and oxygen atoms in total. The second-order valence-corrected chi connectivity index (χ2v) is 6.43. The molecule has 128 valence electrons. The summed E-state index contributed by atoms with van der Waals surface area (Å²) in [5.74, 6) is -0.774. The topological polar surface area (TPSA) is 91.6 Å². The Morgan fingerprint density at radius 2 is 1.83 bits per heavy atom. The van der Waals surface area contributed by atoms with Crippen LogP contribution in [0.5, 0.6) is 0 Å². The first kappa shape index (κ1) is 17.4. The van der Waals surface area contributed by atoms with E-state index in [0.717, 1.165) is 48.4 Å². The lowest BCUT2D eigenvalue weighted by atomic mass is 9.75. The summed E-state index contributed by atoms with van der Waals surface area (Å²) >= 11 is 0. The van der Waals surface area contributed by atoms with Crippen LogP contribution >= 0.6 is 0 Å². The predicted octanol–water partition coefficient (Wildman–Crippen LogP) is 2.55. The zero-order valence-corrected chi connectivity index (χ0v) is 14.0. The smallest absolute Gasteiger partial charge is 0.410 e. The van der Waals surface area contributed by atoms with Crippen LogP contribution in [0.1, 0.15) is 46.0 Å². The van der Waals surface area contributed by atoms with Crippen LogP contribution in [0, 0.1) is 11.8 Å². The van der Waals surface area contributed by atoms with Crippen LogP contribution in [0.4, 0.5) is 4.79 Å². The van der Waals surface area contributed by atoms with Crippen LogP contribution in [0.25, 0.3) is 0 Å². The largest absolute Gasteiger partial charge is 0.480 e. The number of likely N-dealkylation sites (N-methyl/N-ethyl adjacent to an activating group) is 1. The Morgan fingerprint density at radius 1 is 1.17 bits per heavy atom. The fourth-order valence-electron chi connectivity index (χ4n) is 3.45. The lowest BCUT2D eigenvalue weighted by Crippen LogP contribution is -2.44. The van der Waals surface area contributed by atoms with Crippen LogP contribution in [0.15, 0.2) is 10.2 Å². The van der Waals surface area contributed by atoms with Crippen LogP contribution in [-0.2, 0) is 9.53 Å². The van der Waals surface area contributed by atoms with Crippen molar-refractivity contribution in [2.45, 2.75) is 52.1 Å². The molecule has 23 heavy (non-hydrogen) atoms. The Morgan fingerprint density at radius 3 is 2.52 bits per heavy atom. The van der Waals surface area contributed by atoms with Crippen molar-refractivity contribution in [2.24, 2.45) is 22.0 Å². The minimum Gasteiger partial charge on any atom is -0.480 e. The normalized spacial score (nSPS) is 27.7. The highest BCUT2D eigenvalue weighted by Gasteiger charge is 2.38. The molecule has 0 radical (unpaired) electrons. The average Bonchev–Trinajstić information content (AvgIpc) is 2.45. The molecule has 0 aromatic heterocycles. The third-order valence-electron chi connectivity index (χ3n) is 4.66. The summed E-state index contributed by atoms with van der Waals surface area (Å²) in [6, 6.07) is 0. The van der Waals surface area contributed by atoms with Gasteiger partial charge in [0, 0.05) is 30.3 Å². The van der Waals surface area contributed by atoms with E-state index in [9.17, 15) is 9.59 Å². The third-order valence-corrected chi connectivity index (χ3v) is 4.66. The summed E-state index contributed by atoms with van der Waals surface area (Å²) in [4.78, 5) is 24.0. The molecule has 2 unspecified atom stereocenters. The van der Waals surface area contributed by atoms with Gasteiger partial charge in [0.05, 0.1) is 0 Å². The SMILES string of the molecule is CC1=NN=C(C)C2C1CCCCC[C@@H]2OC(=O)N(C)CC(=O)O. The molecule has 0 spiro atoms. The van der Waals surface area contributed by atoms with E-state index in [1.807, 2.05) is 13.8 Å². The Labute approximate surface area is 136 Å². The highest BCUT2D eigenvalue weighted by atomic mass is 16.6. The summed E-state index contributed by atoms with van der Waals surface area (Å²) in [6.45, 7) is 3.54. The second kappa shape index (κ2) is 7.57. The number of hydrogen-bond acceptors (Lipinski definition) is 5. The molecule has 0 bridgehead atoms. The zero-order valence-electron chi connectivity index (χ0n) is 14.0. The second-order valence-electron chi connectivity index (χ2n) is 6.43. The molecule has 0 aromatic carbocycles. The standard InChI is InChI=1S/C16H25N3O4/c1-10-12-7-5-4-6-8-13(15(12)11(2)18-17-10)23-16(22)19(3)9-14(20)21/h12-13,15H,4-9H2,1-3H3,(H,20,21)/t12?,13-,15?/m0/s1. The maximum atomic E-state index is 12.2. The van der Waals surface area contributed by atoms with E-state index < -0.39 is 12.1 Å². The van der Waals surface area contributed by atoms with Crippen LogP contribution in [0.3, 0.4) is 0 Å². The van der Waals surface area contributed by atoms with Gasteiger partial charge in [-0.05, 0) is 33.1 Å². The molecule has 1 N–H and O–H groups in total. The molecule has 2 aliphatic rings. The van der Waals surface area contributed by atoms with Crippen molar-refractivity contribution in [1.82, 2.24) is 4.90 Å². The first-order valence-electron chi connectivity index (χ1n) is 8.12. The molecular formula is C16H25N3O4. The van der Waals surface area contributed by atoms with Crippen LogP contribution in [-0.4, -0.2) is 53.2 Å². The van der Waals surface area contributed by atoms with Crippen molar-refractivity contribution in [3.05, 3.63) is 0 Å². The molecule has 0 aromatic rings. The van der Waals surface area contributed by atoms with Gasteiger partial charge < -0.3 is 14.7 Å². The average molecular weight is 323 g/mol. The number of nitrogens with zero attached hydrogens (tertiary/aromatic N) is 3. The number of rotatable bonds is 3. The number of carbonyl (C=O) groups is 2. The van der Waals surface area contributed by atoms with Crippen molar-refractivity contribution in [1.29, 1.82) is 0 Å². The van der Waals surface area contributed by atoms with E-state index in [0.29, 0.717) is 0 Å². The van der Waals surface area contributed by atoms with Gasteiger partial charge in [-0.2, -0.15) is 10.2 Å². The van der Waals surface area contributed by atoms with Gasteiger partial charge in [-0.15, -0.1) is 0 Å². The van der Waals surface area contributed by atoms with Crippen molar-refractivity contribution in [3.63, 3.8) is 0 Å². The lowest BCUT2D eigenvalue weighted by Gasteiger charge is -2.37. The summed E-state index contributed by atoms with van der Waals surface area (Å²) in [5, 5.41) is 17.3. The molecular weight excluding hydrogens is 298 g/mol. The van der Waals surface area contributed by atoms with Gasteiger partial charge in [-0.1, -0.05) is 12.8 Å². The monoisotopic (exact) mass is 323 g/mol. The van der Waals surface area contributed by atoms with Gasteiger partial charge in [-0.25, -0.2) is 4.79 Å². The van der Waals surface area contributed by atoms with Gasteiger partial charge >= 0.3 is 12.1 Å². The van der Waals surface area contributed by atoms with Crippen molar-refractivity contribution in [3.8, 4) is 0 Å². The molecule has 1 fully saturated rings. The number of amides is 1. The van der Waals surface area contributed by atoms with E-state index in [-0.39, 0.29) is 24.5 Å². The van der Waals surface area contributed by atoms with Gasteiger partial charge in [0.2, 0.25) is 0 Å². The first-order chi connectivity index (χ1) is 10.9. The number of fused-ring (bicyclic) bond motifs is 1. The number of carboxylic acids is 1.